The fourth-order valence-corrected chi connectivity index (χ4v) is 4.32. The van der Waals surface area contributed by atoms with Gasteiger partial charge in [-0.15, -0.1) is 5.06 Å². The number of methoxy groups -OCH3 is 1. The number of carbonyl (C=O) groups is 2. The molecule has 0 radical (unpaired) electrons. The molecule has 1 heterocycles. The Kier molecular flexibility index (Phi) is 12.5. The van der Waals surface area contributed by atoms with Gasteiger partial charge in [0.2, 0.25) is 6.29 Å². The molecular formula is C30H39N3O5. The number of hydrogen-bond acceptors (Lipinski definition) is 8. The molecule has 204 valence electrons. The van der Waals surface area contributed by atoms with Crippen molar-refractivity contribution in [1.82, 2.24) is 15.2 Å². The first-order valence-corrected chi connectivity index (χ1v) is 13.6. The molecular weight excluding hydrogens is 482 g/mol. The van der Waals surface area contributed by atoms with Crippen molar-refractivity contribution in [2.24, 2.45) is 0 Å². The van der Waals surface area contributed by atoms with Gasteiger partial charge in [0.1, 0.15) is 5.75 Å². The van der Waals surface area contributed by atoms with Crippen molar-refractivity contribution < 1.29 is 23.7 Å². The first-order chi connectivity index (χ1) is 18.6. The second-order valence-electron chi connectivity index (χ2n) is 9.43. The van der Waals surface area contributed by atoms with Crippen LogP contribution in [0.15, 0.2) is 53.1 Å². The fourth-order valence-electron chi connectivity index (χ4n) is 4.32. The van der Waals surface area contributed by atoms with Crippen LogP contribution in [0, 0.1) is 0 Å². The summed E-state index contributed by atoms with van der Waals surface area (Å²) in [4.78, 5) is 32.4. The third-order valence-electron chi connectivity index (χ3n) is 6.39. The Morgan fingerprint density at radius 1 is 0.921 bits per heavy atom. The minimum Gasteiger partial charge on any atom is -0.496 e. The van der Waals surface area contributed by atoms with Crippen molar-refractivity contribution in [3.63, 3.8) is 0 Å². The first kappa shape index (κ1) is 29.0. The highest BCUT2D eigenvalue weighted by Crippen LogP contribution is 2.23. The third-order valence-corrected chi connectivity index (χ3v) is 6.39. The van der Waals surface area contributed by atoms with Gasteiger partial charge in [-0.1, -0.05) is 93.8 Å². The SMILES string of the molecule is CCCCCCCCCCCc1noc(-c2ccc(CN(Cc3ccccc3OC)OC(=O)C=O)cc2)n1. The van der Waals surface area contributed by atoms with Crippen molar-refractivity contribution in [3.8, 4) is 17.2 Å². The topological polar surface area (TPSA) is 94.8 Å². The molecule has 0 N–H and O–H groups in total. The predicted octanol–water partition coefficient (Wildman–Crippen LogP) is 6.48. The molecule has 0 spiro atoms. The van der Waals surface area contributed by atoms with E-state index in [0.717, 1.165) is 35.4 Å². The lowest BCUT2D eigenvalue weighted by atomic mass is 10.1. The molecule has 0 bridgehead atoms. The summed E-state index contributed by atoms with van der Waals surface area (Å²) < 4.78 is 10.9. The zero-order valence-electron chi connectivity index (χ0n) is 22.6. The number of aromatic nitrogens is 2. The molecule has 0 aliphatic heterocycles. The second-order valence-corrected chi connectivity index (χ2v) is 9.43. The number of rotatable bonds is 18. The third kappa shape index (κ3) is 9.74. The first-order valence-electron chi connectivity index (χ1n) is 13.6. The Morgan fingerprint density at radius 3 is 2.29 bits per heavy atom. The van der Waals surface area contributed by atoms with E-state index in [2.05, 4.69) is 17.1 Å². The van der Waals surface area contributed by atoms with Gasteiger partial charge < -0.3 is 14.1 Å². The van der Waals surface area contributed by atoms with Gasteiger partial charge in [0.15, 0.2) is 5.82 Å². The largest absolute Gasteiger partial charge is 0.496 e. The van der Waals surface area contributed by atoms with E-state index >= 15 is 0 Å². The highest BCUT2D eigenvalue weighted by atomic mass is 16.7. The lowest BCUT2D eigenvalue weighted by Gasteiger charge is -2.21. The number of aldehydes is 1. The lowest BCUT2D eigenvalue weighted by Crippen LogP contribution is -2.27. The maximum absolute atomic E-state index is 11.7. The van der Waals surface area contributed by atoms with Crippen LogP contribution in [0.5, 0.6) is 5.75 Å². The normalized spacial score (nSPS) is 11.0. The van der Waals surface area contributed by atoms with Crippen molar-refractivity contribution >= 4 is 12.3 Å². The van der Waals surface area contributed by atoms with E-state index in [4.69, 9.17) is 14.1 Å². The minimum absolute atomic E-state index is 0.153. The molecule has 0 fully saturated rings. The second kappa shape index (κ2) is 16.3. The van der Waals surface area contributed by atoms with Gasteiger partial charge in [-0.05, 0) is 30.2 Å². The van der Waals surface area contributed by atoms with E-state index in [9.17, 15) is 9.59 Å². The molecule has 0 saturated carbocycles. The van der Waals surface area contributed by atoms with E-state index in [-0.39, 0.29) is 19.4 Å². The van der Waals surface area contributed by atoms with Gasteiger partial charge in [-0.3, -0.25) is 4.79 Å². The number of unbranched alkanes of at least 4 members (excludes halogenated alkanes) is 8. The quantitative estimate of drug-likeness (QED) is 0.0813. The number of ether oxygens (including phenoxy) is 1. The number of hydroxylamine groups is 2. The molecule has 0 aliphatic rings. The van der Waals surface area contributed by atoms with Crippen LogP contribution in [0.1, 0.15) is 81.7 Å². The van der Waals surface area contributed by atoms with Crippen LogP contribution >= 0.6 is 0 Å². The van der Waals surface area contributed by atoms with Crippen LogP contribution in [0.4, 0.5) is 0 Å². The number of hydrogen-bond donors (Lipinski definition) is 0. The van der Waals surface area contributed by atoms with Crippen LogP contribution in [0.2, 0.25) is 0 Å². The summed E-state index contributed by atoms with van der Waals surface area (Å²) >= 11 is 0. The smallest absolute Gasteiger partial charge is 0.390 e. The number of para-hydroxylation sites is 1. The van der Waals surface area contributed by atoms with Crippen LogP contribution < -0.4 is 4.74 Å². The molecule has 38 heavy (non-hydrogen) atoms. The van der Waals surface area contributed by atoms with E-state index in [1.807, 2.05) is 48.5 Å². The van der Waals surface area contributed by atoms with Crippen LogP contribution in [-0.2, 0) is 33.9 Å². The molecule has 0 saturated heterocycles. The number of benzene rings is 2. The molecule has 0 amide bonds. The summed E-state index contributed by atoms with van der Waals surface area (Å²) in [7, 11) is 1.58. The van der Waals surface area contributed by atoms with Crippen LogP contribution in [0.3, 0.4) is 0 Å². The van der Waals surface area contributed by atoms with Gasteiger partial charge >= 0.3 is 5.97 Å². The van der Waals surface area contributed by atoms with Crippen molar-refractivity contribution in [1.29, 1.82) is 0 Å². The Bertz CT molecular complexity index is 1110. The molecule has 3 aromatic rings. The molecule has 0 aliphatic carbocycles. The zero-order chi connectivity index (χ0) is 27.0. The summed E-state index contributed by atoms with van der Waals surface area (Å²) in [5.74, 6) is 0.933. The monoisotopic (exact) mass is 521 g/mol. The van der Waals surface area contributed by atoms with Crippen molar-refractivity contribution in [3.05, 3.63) is 65.5 Å². The Balaban J connectivity index is 1.51. The zero-order valence-corrected chi connectivity index (χ0v) is 22.6. The summed E-state index contributed by atoms with van der Waals surface area (Å²) in [5.41, 5.74) is 2.54. The van der Waals surface area contributed by atoms with Crippen LogP contribution in [-0.4, -0.2) is 34.6 Å². The summed E-state index contributed by atoms with van der Waals surface area (Å²) in [6.07, 6.45) is 12.5. The average molecular weight is 522 g/mol. The van der Waals surface area contributed by atoms with Gasteiger partial charge in [0.25, 0.3) is 5.89 Å². The van der Waals surface area contributed by atoms with Crippen molar-refractivity contribution in [2.45, 2.75) is 84.2 Å². The van der Waals surface area contributed by atoms with Gasteiger partial charge in [-0.25, -0.2) is 4.79 Å². The molecule has 0 unspecified atom stereocenters. The van der Waals surface area contributed by atoms with Crippen LogP contribution in [0.25, 0.3) is 11.5 Å². The lowest BCUT2D eigenvalue weighted by molar-refractivity contribution is -0.195. The Labute approximate surface area is 225 Å². The molecule has 2 aromatic carbocycles. The number of carbonyl (C=O) groups excluding carboxylic acids is 2. The standard InChI is InChI=1S/C30H39N3O5/c1-3-4-5-6-7-8-9-10-11-16-28-31-30(37-32-28)25-19-17-24(18-20-25)21-33(38-29(35)23-34)22-26-14-12-13-15-27(26)36-2/h12-15,17-20,23H,3-11,16,21-22H2,1-2H3. The van der Waals surface area contributed by atoms with E-state index in [0.29, 0.717) is 11.6 Å². The maximum atomic E-state index is 11.7. The molecule has 0 atom stereocenters. The number of nitrogens with zero attached hydrogens (tertiary/aromatic N) is 3. The summed E-state index contributed by atoms with van der Waals surface area (Å²) in [6, 6.07) is 15.1. The average Bonchev–Trinajstić information content (AvgIpc) is 3.41. The van der Waals surface area contributed by atoms with E-state index < -0.39 is 5.97 Å². The van der Waals surface area contributed by atoms with Gasteiger partial charge in [0.05, 0.1) is 20.2 Å². The Hall–Kier alpha value is -3.52. The number of aryl methyl sites for hydroxylation is 1. The molecule has 3 rings (SSSR count). The predicted molar refractivity (Wildman–Crippen MR) is 145 cm³/mol. The van der Waals surface area contributed by atoms with Gasteiger partial charge in [-0.2, -0.15) is 4.98 Å². The molecule has 1 aromatic heterocycles. The summed E-state index contributed by atoms with van der Waals surface area (Å²) in [6.45, 7) is 2.79. The highest BCUT2D eigenvalue weighted by Gasteiger charge is 2.16. The minimum atomic E-state index is -0.957. The molecule has 8 nitrogen and oxygen atoms in total. The van der Waals surface area contributed by atoms with E-state index in [1.165, 1.54) is 56.4 Å². The fraction of sp³-hybridized carbons (Fsp3) is 0.467. The molecule has 8 heteroatoms. The van der Waals surface area contributed by atoms with Gasteiger partial charge in [0, 0.05) is 17.5 Å². The highest BCUT2D eigenvalue weighted by molar-refractivity contribution is 6.20. The van der Waals surface area contributed by atoms with E-state index in [1.54, 1.807) is 7.11 Å². The summed E-state index contributed by atoms with van der Waals surface area (Å²) in [5, 5.41) is 5.57. The van der Waals surface area contributed by atoms with Crippen molar-refractivity contribution in [2.75, 3.05) is 7.11 Å². The Morgan fingerprint density at radius 2 is 1.61 bits per heavy atom. The maximum Gasteiger partial charge on any atom is 0.390 e.